The zero-order valence-corrected chi connectivity index (χ0v) is 11.5. The van der Waals surface area contributed by atoms with Crippen LogP contribution in [0.2, 0.25) is 0 Å². The van der Waals surface area contributed by atoms with Crippen molar-refractivity contribution in [1.29, 1.82) is 0 Å². The van der Waals surface area contributed by atoms with Crippen LogP contribution in [0.1, 0.15) is 39.0 Å². The van der Waals surface area contributed by atoms with Gasteiger partial charge >= 0.3 is 0 Å². The summed E-state index contributed by atoms with van der Waals surface area (Å²) < 4.78 is 0. The van der Waals surface area contributed by atoms with E-state index in [1.807, 2.05) is 0 Å². The van der Waals surface area contributed by atoms with Crippen LogP contribution in [0.4, 0.5) is 0 Å². The summed E-state index contributed by atoms with van der Waals surface area (Å²) in [5.74, 6) is 2.96. The number of hydrogen-bond acceptors (Lipinski definition) is 2. The standard InChI is InChI=1S/C15H26N2O/c1-11(14-8-16-9-14)15(18)17-7-6-12-4-2-3-5-13(12)10-17/h11-14,16H,2-10H2,1H3. The van der Waals surface area contributed by atoms with Gasteiger partial charge in [-0.2, -0.15) is 0 Å². The van der Waals surface area contributed by atoms with E-state index in [1.54, 1.807) is 0 Å². The normalized spacial score (nSPS) is 34.6. The van der Waals surface area contributed by atoms with Crippen LogP contribution in [0, 0.1) is 23.7 Å². The molecule has 1 saturated carbocycles. The fraction of sp³-hybridized carbons (Fsp3) is 0.933. The number of nitrogens with zero attached hydrogens (tertiary/aromatic N) is 1. The molecule has 3 nitrogen and oxygen atoms in total. The van der Waals surface area contributed by atoms with E-state index in [9.17, 15) is 4.79 Å². The van der Waals surface area contributed by atoms with Crippen molar-refractivity contribution in [2.45, 2.75) is 39.0 Å². The summed E-state index contributed by atoms with van der Waals surface area (Å²) in [4.78, 5) is 14.7. The molecule has 1 N–H and O–H groups in total. The molecule has 3 atom stereocenters. The zero-order valence-electron chi connectivity index (χ0n) is 11.5. The van der Waals surface area contributed by atoms with Gasteiger partial charge in [0.2, 0.25) is 5.91 Å². The number of piperidine rings is 1. The maximum absolute atomic E-state index is 12.5. The molecule has 0 aromatic carbocycles. The maximum atomic E-state index is 12.5. The highest BCUT2D eigenvalue weighted by Gasteiger charge is 2.36. The molecule has 0 spiro atoms. The average Bonchev–Trinajstić information content (AvgIpc) is 2.35. The topological polar surface area (TPSA) is 32.3 Å². The molecule has 3 unspecified atom stereocenters. The molecule has 0 aromatic heterocycles. The largest absolute Gasteiger partial charge is 0.342 e. The minimum absolute atomic E-state index is 0.228. The van der Waals surface area contributed by atoms with E-state index >= 15 is 0 Å². The third-order valence-electron chi connectivity index (χ3n) is 5.51. The minimum Gasteiger partial charge on any atom is -0.342 e. The Balaban J connectivity index is 1.57. The van der Waals surface area contributed by atoms with Crippen LogP contribution in [0.3, 0.4) is 0 Å². The highest BCUT2D eigenvalue weighted by Crippen LogP contribution is 2.36. The monoisotopic (exact) mass is 250 g/mol. The predicted octanol–water partition coefficient (Wildman–Crippen LogP) is 1.88. The van der Waals surface area contributed by atoms with E-state index in [1.165, 1.54) is 32.1 Å². The second-order valence-corrected chi connectivity index (χ2v) is 6.58. The molecule has 0 aromatic rings. The second kappa shape index (κ2) is 5.20. The summed E-state index contributed by atoms with van der Waals surface area (Å²) in [7, 11) is 0. The number of hydrogen-bond donors (Lipinski definition) is 1. The summed E-state index contributed by atoms with van der Waals surface area (Å²) >= 11 is 0. The van der Waals surface area contributed by atoms with Crippen molar-refractivity contribution >= 4 is 5.91 Å². The molecule has 2 saturated heterocycles. The Morgan fingerprint density at radius 3 is 2.56 bits per heavy atom. The van der Waals surface area contributed by atoms with Crippen LogP contribution in [-0.2, 0) is 4.79 Å². The lowest BCUT2D eigenvalue weighted by Crippen LogP contribution is -2.53. The van der Waals surface area contributed by atoms with Gasteiger partial charge in [-0.05, 0) is 43.7 Å². The lowest BCUT2D eigenvalue weighted by atomic mass is 9.74. The van der Waals surface area contributed by atoms with Gasteiger partial charge in [0.05, 0.1) is 0 Å². The van der Waals surface area contributed by atoms with Gasteiger partial charge in [0.1, 0.15) is 0 Å². The molecule has 102 valence electrons. The van der Waals surface area contributed by atoms with Gasteiger partial charge in [-0.25, -0.2) is 0 Å². The molecule has 1 aliphatic carbocycles. The number of carbonyl (C=O) groups is 1. The van der Waals surface area contributed by atoms with Crippen LogP contribution in [-0.4, -0.2) is 37.0 Å². The van der Waals surface area contributed by atoms with E-state index in [-0.39, 0.29) is 5.92 Å². The molecule has 3 rings (SSSR count). The van der Waals surface area contributed by atoms with Crippen molar-refractivity contribution in [3.05, 3.63) is 0 Å². The molecule has 3 fully saturated rings. The van der Waals surface area contributed by atoms with E-state index in [4.69, 9.17) is 0 Å². The quantitative estimate of drug-likeness (QED) is 0.811. The molecule has 2 aliphatic heterocycles. The molecule has 3 aliphatic rings. The van der Waals surface area contributed by atoms with Crippen LogP contribution in [0.15, 0.2) is 0 Å². The smallest absolute Gasteiger partial charge is 0.225 e. The molecular weight excluding hydrogens is 224 g/mol. The fourth-order valence-electron chi connectivity index (χ4n) is 3.96. The van der Waals surface area contributed by atoms with Gasteiger partial charge in [0.15, 0.2) is 0 Å². The highest BCUT2D eigenvalue weighted by molar-refractivity contribution is 5.79. The van der Waals surface area contributed by atoms with Crippen LogP contribution >= 0.6 is 0 Å². The predicted molar refractivity (Wildman–Crippen MR) is 72.2 cm³/mol. The number of fused-ring (bicyclic) bond motifs is 1. The van der Waals surface area contributed by atoms with Gasteiger partial charge in [0, 0.05) is 19.0 Å². The maximum Gasteiger partial charge on any atom is 0.225 e. The Morgan fingerprint density at radius 1 is 1.17 bits per heavy atom. The van der Waals surface area contributed by atoms with Crippen molar-refractivity contribution in [1.82, 2.24) is 10.2 Å². The minimum atomic E-state index is 0.228. The first kappa shape index (κ1) is 12.5. The van der Waals surface area contributed by atoms with Gasteiger partial charge in [-0.15, -0.1) is 0 Å². The fourth-order valence-corrected chi connectivity index (χ4v) is 3.96. The number of amides is 1. The van der Waals surface area contributed by atoms with Gasteiger partial charge in [-0.3, -0.25) is 4.79 Å². The van der Waals surface area contributed by atoms with E-state index in [0.717, 1.165) is 38.0 Å². The number of nitrogens with one attached hydrogen (secondary N) is 1. The Morgan fingerprint density at radius 2 is 1.89 bits per heavy atom. The Kier molecular flexibility index (Phi) is 3.60. The van der Waals surface area contributed by atoms with Crippen LogP contribution < -0.4 is 5.32 Å². The summed E-state index contributed by atoms with van der Waals surface area (Å²) in [5.41, 5.74) is 0. The second-order valence-electron chi connectivity index (χ2n) is 6.58. The number of carbonyl (C=O) groups excluding carboxylic acids is 1. The summed E-state index contributed by atoms with van der Waals surface area (Å²) in [6, 6.07) is 0. The van der Waals surface area contributed by atoms with Crippen LogP contribution in [0.5, 0.6) is 0 Å². The average molecular weight is 250 g/mol. The third-order valence-corrected chi connectivity index (χ3v) is 5.51. The first-order chi connectivity index (χ1) is 8.75. The third kappa shape index (κ3) is 2.29. The summed E-state index contributed by atoms with van der Waals surface area (Å²) in [5, 5.41) is 3.27. The summed E-state index contributed by atoms with van der Waals surface area (Å²) in [6.07, 6.45) is 6.82. The first-order valence-corrected chi connectivity index (χ1v) is 7.75. The molecule has 3 heteroatoms. The molecule has 2 heterocycles. The molecule has 1 amide bonds. The van der Waals surface area contributed by atoms with Crippen molar-refractivity contribution in [3.63, 3.8) is 0 Å². The van der Waals surface area contributed by atoms with E-state index in [0.29, 0.717) is 11.8 Å². The van der Waals surface area contributed by atoms with E-state index in [2.05, 4.69) is 17.1 Å². The lowest BCUT2D eigenvalue weighted by Gasteiger charge is -2.43. The zero-order chi connectivity index (χ0) is 12.5. The van der Waals surface area contributed by atoms with Crippen molar-refractivity contribution in [3.8, 4) is 0 Å². The SMILES string of the molecule is CC(C(=O)N1CCC2CCCCC2C1)C1CNC1. The highest BCUT2D eigenvalue weighted by atomic mass is 16.2. The van der Waals surface area contributed by atoms with Gasteiger partial charge in [0.25, 0.3) is 0 Å². The Labute approximate surface area is 110 Å². The molecule has 0 radical (unpaired) electrons. The van der Waals surface area contributed by atoms with Crippen molar-refractivity contribution < 1.29 is 4.79 Å². The number of likely N-dealkylation sites (tertiary alicyclic amines) is 1. The lowest BCUT2D eigenvalue weighted by molar-refractivity contribution is -0.140. The molecular formula is C15H26N2O. The molecule has 18 heavy (non-hydrogen) atoms. The number of rotatable bonds is 2. The molecule has 0 bridgehead atoms. The van der Waals surface area contributed by atoms with Crippen molar-refractivity contribution in [2.24, 2.45) is 23.7 Å². The van der Waals surface area contributed by atoms with Gasteiger partial charge in [-0.1, -0.05) is 26.2 Å². The summed E-state index contributed by atoms with van der Waals surface area (Å²) in [6.45, 7) is 6.26. The van der Waals surface area contributed by atoms with Crippen LogP contribution in [0.25, 0.3) is 0 Å². The van der Waals surface area contributed by atoms with E-state index < -0.39 is 0 Å². The Hall–Kier alpha value is -0.570. The van der Waals surface area contributed by atoms with Crippen molar-refractivity contribution in [2.75, 3.05) is 26.2 Å². The Bertz CT molecular complexity index is 314. The van der Waals surface area contributed by atoms with Gasteiger partial charge < -0.3 is 10.2 Å². The first-order valence-electron chi connectivity index (χ1n) is 7.75.